The summed E-state index contributed by atoms with van der Waals surface area (Å²) in [6, 6.07) is 15.3. The van der Waals surface area contributed by atoms with Crippen molar-refractivity contribution in [3.63, 3.8) is 0 Å². The predicted octanol–water partition coefficient (Wildman–Crippen LogP) is 6.38. The highest BCUT2D eigenvalue weighted by atomic mass is 35.5. The number of amides is 4. The molecule has 3 aromatic rings. The first kappa shape index (κ1) is 35.4. The average Bonchev–Trinajstić information content (AvgIpc) is 2.96. The summed E-state index contributed by atoms with van der Waals surface area (Å²) in [5.74, 6) is -2.17. The maximum atomic E-state index is 13.6. The van der Waals surface area contributed by atoms with Crippen LogP contribution in [0.3, 0.4) is 0 Å². The molecule has 1 N–H and O–H groups in total. The van der Waals surface area contributed by atoms with Crippen LogP contribution in [0.4, 0.5) is 10.5 Å². The number of carbonyl (C=O) groups is 5. The highest BCUT2D eigenvalue weighted by molar-refractivity contribution is 6.39. The zero-order valence-electron chi connectivity index (χ0n) is 27.1. The number of rotatable bonds is 9. The minimum atomic E-state index is -1.08. The van der Waals surface area contributed by atoms with Gasteiger partial charge in [-0.15, -0.1) is 0 Å². The maximum Gasteiger partial charge on any atom is 0.410 e. The number of nitrogens with one attached hydrogen (secondary N) is 1. The van der Waals surface area contributed by atoms with Gasteiger partial charge in [-0.1, -0.05) is 53.5 Å². The molecule has 1 heterocycles. The van der Waals surface area contributed by atoms with Crippen LogP contribution in [0.2, 0.25) is 10.0 Å². The van der Waals surface area contributed by atoms with Crippen LogP contribution in [0.25, 0.3) is 0 Å². The lowest BCUT2D eigenvalue weighted by molar-refractivity contribution is -0.149. The molecule has 0 saturated carbocycles. The normalized spacial score (nSPS) is 13.6. The first-order chi connectivity index (χ1) is 22.0. The van der Waals surface area contributed by atoms with Gasteiger partial charge in [-0.3, -0.25) is 14.4 Å². The molecule has 3 aromatic carbocycles. The van der Waals surface area contributed by atoms with Gasteiger partial charge in [0, 0.05) is 25.6 Å². The minimum Gasteiger partial charge on any atom is -0.461 e. The van der Waals surface area contributed by atoms with Crippen LogP contribution in [-0.2, 0) is 38.4 Å². The summed E-state index contributed by atoms with van der Waals surface area (Å²) in [6.45, 7) is 8.95. The molecule has 4 amide bonds. The monoisotopic (exact) mass is 681 g/mol. The summed E-state index contributed by atoms with van der Waals surface area (Å²) in [5.41, 5.74) is 2.03. The summed E-state index contributed by atoms with van der Waals surface area (Å²) in [4.78, 5) is 67.8. The largest absolute Gasteiger partial charge is 0.461 e. The fraction of sp³-hybridized carbons (Fsp3) is 0.343. The van der Waals surface area contributed by atoms with Gasteiger partial charge in [0.25, 0.3) is 11.8 Å². The van der Waals surface area contributed by atoms with Crippen LogP contribution in [-0.4, -0.2) is 59.5 Å². The summed E-state index contributed by atoms with van der Waals surface area (Å²) >= 11 is 12.4. The quantitative estimate of drug-likeness (QED) is 0.205. The second-order valence-electron chi connectivity index (χ2n) is 12.5. The molecule has 10 nitrogen and oxygen atoms in total. The molecule has 1 aliphatic heterocycles. The second kappa shape index (κ2) is 14.6. The summed E-state index contributed by atoms with van der Waals surface area (Å²) in [6.07, 6.45) is -0.847. The predicted molar refractivity (Wildman–Crippen MR) is 179 cm³/mol. The van der Waals surface area contributed by atoms with Gasteiger partial charge in [0.2, 0.25) is 5.91 Å². The number of carbonyl (C=O) groups excluding carboxylic acids is 5. The van der Waals surface area contributed by atoms with E-state index in [0.29, 0.717) is 27.9 Å². The molecule has 0 aromatic heterocycles. The van der Waals surface area contributed by atoms with Crippen LogP contribution < -0.4 is 10.2 Å². The van der Waals surface area contributed by atoms with E-state index >= 15 is 0 Å². The highest BCUT2D eigenvalue weighted by Crippen LogP contribution is 2.28. The molecule has 1 aliphatic rings. The lowest BCUT2D eigenvalue weighted by Gasteiger charge is -2.28. The molecular weight excluding hydrogens is 645 g/mol. The van der Waals surface area contributed by atoms with E-state index < -0.39 is 47.5 Å². The second-order valence-corrected chi connectivity index (χ2v) is 13.3. The summed E-state index contributed by atoms with van der Waals surface area (Å²) in [5, 5.41) is 2.94. The van der Waals surface area contributed by atoms with Crippen LogP contribution in [0, 0.1) is 0 Å². The SMILES string of the molecule is CC(C)OC(=O)[C@H](Cc1ccc(N2C(=O)Cc3ccc(CN(C)C(=O)OC(C)(C)C)cc3C2=O)cc1)NC(=O)c1c(Cl)cccc1Cl. The summed E-state index contributed by atoms with van der Waals surface area (Å²) in [7, 11) is 1.61. The fourth-order valence-electron chi connectivity index (χ4n) is 4.96. The van der Waals surface area contributed by atoms with Crippen LogP contribution >= 0.6 is 23.2 Å². The molecule has 47 heavy (non-hydrogen) atoms. The van der Waals surface area contributed by atoms with Crippen molar-refractivity contribution in [2.24, 2.45) is 0 Å². The highest BCUT2D eigenvalue weighted by Gasteiger charge is 2.33. The smallest absolute Gasteiger partial charge is 0.410 e. The molecule has 1 atom stereocenters. The Morgan fingerprint density at radius 2 is 1.57 bits per heavy atom. The van der Waals surface area contributed by atoms with Crippen molar-refractivity contribution in [2.45, 2.75) is 71.8 Å². The van der Waals surface area contributed by atoms with Crippen LogP contribution in [0.5, 0.6) is 0 Å². The molecule has 0 fully saturated rings. The van der Waals surface area contributed by atoms with Gasteiger partial charge in [0.05, 0.1) is 33.8 Å². The lowest BCUT2D eigenvalue weighted by Crippen LogP contribution is -2.44. The van der Waals surface area contributed by atoms with Gasteiger partial charge in [-0.2, -0.15) is 0 Å². The van der Waals surface area contributed by atoms with Crippen molar-refractivity contribution in [1.82, 2.24) is 10.2 Å². The van der Waals surface area contributed by atoms with Crippen molar-refractivity contribution < 1.29 is 33.4 Å². The third kappa shape index (κ3) is 8.90. The number of esters is 1. The minimum absolute atomic E-state index is 0.0186. The van der Waals surface area contributed by atoms with Gasteiger partial charge >= 0.3 is 12.1 Å². The van der Waals surface area contributed by atoms with Crippen molar-refractivity contribution in [3.05, 3.63) is 98.5 Å². The molecule has 0 unspecified atom stereocenters. The molecule has 0 saturated heterocycles. The molecule has 4 rings (SSSR count). The molecule has 0 bridgehead atoms. The van der Waals surface area contributed by atoms with Gasteiger partial charge in [0.15, 0.2) is 0 Å². The number of hydrogen-bond donors (Lipinski definition) is 1. The Hall–Kier alpha value is -4.41. The third-order valence-corrected chi connectivity index (χ3v) is 7.72. The number of imide groups is 1. The molecule has 12 heteroatoms. The molecule has 0 radical (unpaired) electrons. The van der Waals surface area contributed by atoms with E-state index in [-0.39, 0.29) is 35.0 Å². The lowest BCUT2D eigenvalue weighted by atomic mass is 9.95. The van der Waals surface area contributed by atoms with Crippen molar-refractivity contribution in [3.8, 4) is 0 Å². The van der Waals surface area contributed by atoms with E-state index in [4.69, 9.17) is 32.7 Å². The number of fused-ring (bicyclic) bond motifs is 1. The summed E-state index contributed by atoms with van der Waals surface area (Å²) < 4.78 is 10.8. The topological polar surface area (TPSA) is 122 Å². The molecular formula is C35H37Cl2N3O7. The maximum absolute atomic E-state index is 13.6. The van der Waals surface area contributed by atoms with Gasteiger partial charge in [-0.25, -0.2) is 14.5 Å². The molecule has 0 spiro atoms. The Kier molecular flexibility index (Phi) is 11.0. The standard InChI is InChI=1S/C35H37Cl2N3O7/c1-20(2)46-33(44)28(38-31(42)30-26(36)8-7-9-27(30)37)17-21-11-14-24(15-12-21)40-29(41)18-23-13-10-22(16-25(23)32(40)43)19-39(6)34(45)47-35(3,4)5/h7-16,20,28H,17-19H2,1-6H3,(H,38,42)/t28-/m0/s1. The fourth-order valence-corrected chi connectivity index (χ4v) is 5.53. The van der Waals surface area contributed by atoms with Crippen molar-refractivity contribution >= 4 is 58.7 Å². The molecule has 248 valence electrons. The number of hydrogen-bond acceptors (Lipinski definition) is 7. The van der Waals surface area contributed by atoms with Crippen molar-refractivity contribution in [2.75, 3.05) is 11.9 Å². The van der Waals surface area contributed by atoms with Crippen LogP contribution in [0.15, 0.2) is 60.7 Å². The molecule has 0 aliphatic carbocycles. The first-order valence-electron chi connectivity index (χ1n) is 15.0. The van der Waals surface area contributed by atoms with Gasteiger partial charge in [0.1, 0.15) is 11.6 Å². The van der Waals surface area contributed by atoms with Gasteiger partial charge in [-0.05, 0) is 81.6 Å². The van der Waals surface area contributed by atoms with E-state index in [9.17, 15) is 24.0 Å². The number of anilines is 1. The third-order valence-electron chi connectivity index (χ3n) is 7.09. The Balaban J connectivity index is 1.52. The van der Waals surface area contributed by atoms with E-state index in [2.05, 4.69) is 5.32 Å². The first-order valence-corrected chi connectivity index (χ1v) is 15.8. The number of halogens is 2. The van der Waals surface area contributed by atoms with E-state index in [1.54, 1.807) is 90.2 Å². The average molecular weight is 683 g/mol. The Bertz CT molecular complexity index is 1680. The number of ether oxygens (including phenoxy) is 2. The zero-order valence-corrected chi connectivity index (χ0v) is 28.6. The van der Waals surface area contributed by atoms with E-state index in [0.717, 1.165) is 4.90 Å². The Labute approximate surface area is 283 Å². The van der Waals surface area contributed by atoms with Crippen LogP contribution in [0.1, 0.15) is 72.0 Å². The zero-order chi connectivity index (χ0) is 34.6. The number of benzene rings is 3. The van der Waals surface area contributed by atoms with E-state index in [1.807, 2.05) is 0 Å². The van der Waals surface area contributed by atoms with Gasteiger partial charge < -0.3 is 19.7 Å². The van der Waals surface area contributed by atoms with Crippen molar-refractivity contribution in [1.29, 1.82) is 0 Å². The Morgan fingerprint density at radius 1 is 0.957 bits per heavy atom. The number of nitrogens with zero attached hydrogens (tertiary/aromatic N) is 2. The Morgan fingerprint density at radius 3 is 2.17 bits per heavy atom. The van der Waals surface area contributed by atoms with E-state index in [1.165, 1.54) is 17.0 Å².